The zero-order valence-electron chi connectivity index (χ0n) is 14.0. The highest BCUT2D eigenvalue weighted by molar-refractivity contribution is 6.30. The van der Waals surface area contributed by atoms with Crippen LogP contribution in [0.5, 0.6) is 11.5 Å². The minimum absolute atomic E-state index is 0.142. The quantitative estimate of drug-likeness (QED) is 0.579. The summed E-state index contributed by atoms with van der Waals surface area (Å²) in [5.74, 6) is 0.930. The monoisotopic (exact) mass is 362 g/mol. The molecule has 0 saturated carbocycles. The van der Waals surface area contributed by atoms with Crippen LogP contribution in [0.4, 0.5) is 0 Å². The van der Waals surface area contributed by atoms with Gasteiger partial charge in [0.1, 0.15) is 11.5 Å². The molecule has 0 radical (unpaired) electrons. The number of amides is 1. The van der Waals surface area contributed by atoms with Crippen LogP contribution in [0.2, 0.25) is 5.02 Å². The Kier molecular flexibility index (Phi) is 7.25. The number of methoxy groups -OCH3 is 2. The molecule has 0 atom stereocenters. The molecule has 1 amide bonds. The Morgan fingerprint density at radius 2 is 1.96 bits per heavy atom. The van der Waals surface area contributed by atoms with Gasteiger partial charge >= 0.3 is 0 Å². The van der Waals surface area contributed by atoms with E-state index >= 15 is 0 Å². The molecule has 0 saturated heterocycles. The SMILES string of the molecule is COCc1cc(/C=N/NC(=O)COc2ccc(Cl)cc2)ccc1OC. The van der Waals surface area contributed by atoms with Crippen LogP contribution in [0.25, 0.3) is 0 Å². The molecule has 1 N–H and O–H groups in total. The van der Waals surface area contributed by atoms with E-state index in [1.165, 1.54) is 0 Å². The van der Waals surface area contributed by atoms with Crippen LogP contribution < -0.4 is 14.9 Å². The summed E-state index contributed by atoms with van der Waals surface area (Å²) in [6, 6.07) is 12.3. The summed E-state index contributed by atoms with van der Waals surface area (Å²) in [5, 5.41) is 4.52. The highest BCUT2D eigenvalue weighted by atomic mass is 35.5. The maximum absolute atomic E-state index is 11.7. The van der Waals surface area contributed by atoms with E-state index in [1.807, 2.05) is 18.2 Å². The molecule has 0 unspecified atom stereocenters. The second kappa shape index (κ2) is 9.66. The molecule has 132 valence electrons. The lowest BCUT2D eigenvalue weighted by atomic mass is 10.1. The Balaban J connectivity index is 1.86. The number of carbonyl (C=O) groups excluding carboxylic acids is 1. The summed E-state index contributed by atoms with van der Waals surface area (Å²) >= 11 is 5.78. The topological polar surface area (TPSA) is 69.2 Å². The minimum Gasteiger partial charge on any atom is -0.496 e. The zero-order valence-corrected chi connectivity index (χ0v) is 14.7. The van der Waals surface area contributed by atoms with Gasteiger partial charge in [-0.15, -0.1) is 0 Å². The van der Waals surface area contributed by atoms with Gasteiger partial charge in [0.05, 0.1) is 19.9 Å². The Morgan fingerprint density at radius 1 is 1.20 bits per heavy atom. The number of hydrogen-bond donors (Lipinski definition) is 1. The van der Waals surface area contributed by atoms with Crippen molar-refractivity contribution in [3.05, 3.63) is 58.6 Å². The summed E-state index contributed by atoms with van der Waals surface area (Å²) in [4.78, 5) is 11.7. The van der Waals surface area contributed by atoms with Crippen molar-refractivity contribution in [1.29, 1.82) is 0 Å². The highest BCUT2D eigenvalue weighted by Crippen LogP contribution is 2.20. The van der Waals surface area contributed by atoms with Crippen LogP contribution in [-0.4, -0.2) is 32.9 Å². The minimum atomic E-state index is -0.364. The Hall–Kier alpha value is -2.57. The maximum Gasteiger partial charge on any atom is 0.277 e. The van der Waals surface area contributed by atoms with Gasteiger partial charge in [-0.25, -0.2) is 5.43 Å². The fourth-order valence-corrected chi connectivity index (χ4v) is 2.16. The lowest BCUT2D eigenvalue weighted by molar-refractivity contribution is -0.123. The van der Waals surface area contributed by atoms with Crippen molar-refractivity contribution in [1.82, 2.24) is 5.43 Å². The van der Waals surface area contributed by atoms with E-state index < -0.39 is 0 Å². The maximum atomic E-state index is 11.7. The van der Waals surface area contributed by atoms with E-state index in [9.17, 15) is 4.79 Å². The first-order valence-corrected chi connectivity index (χ1v) is 7.86. The summed E-state index contributed by atoms with van der Waals surface area (Å²) in [6.45, 7) is 0.280. The van der Waals surface area contributed by atoms with Crippen molar-refractivity contribution in [2.75, 3.05) is 20.8 Å². The average molecular weight is 363 g/mol. The van der Waals surface area contributed by atoms with Gasteiger partial charge in [0.25, 0.3) is 5.91 Å². The Morgan fingerprint density at radius 3 is 2.64 bits per heavy atom. The summed E-state index contributed by atoms with van der Waals surface area (Å²) in [7, 11) is 3.21. The standard InChI is InChI=1S/C18H19ClN2O4/c1-23-11-14-9-13(3-8-17(14)24-2)10-20-21-18(22)12-25-16-6-4-15(19)5-7-16/h3-10H,11-12H2,1-2H3,(H,21,22)/b20-10+. The number of rotatable bonds is 8. The predicted molar refractivity (Wildman–Crippen MR) is 96.4 cm³/mol. The Bertz CT molecular complexity index is 732. The first-order valence-electron chi connectivity index (χ1n) is 7.48. The van der Waals surface area contributed by atoms with Crippen molar-refractivity contribution in [3.63, 3.8) is 0 Å². The fourth-order valence-electron chi connectivity index (χ4n) is 2.04. The molecule has 2 rings (SSSR count). The first kappa shape index (κ1) is 18.8. The highest BCUT2D eigenvalue weighted by Gasteiger charge is 2.04. The number of carbonyl (C=O) groups is 1. The van der Waals surface area contributed by atoms with Gasteiger partial charge in [-0.05, 0) is 48.0 Å². The van der Waals surface area contributed by atoms with Crippen molar-refractivity contribution in [2.24, 2.45) is 5.10 Å². The van der Waals surface area contributed by atoms with Crippen molar-refractivity contribution >= 4 is 23.7 Å². The summed E-state index contributed by atoms with van der Waals surface area (Å²) < 4.78 is 15.7. The smallest absolute Gasteiger partial charge is 0.277 e. The van der Waals surface area contributed by atoms with Crippen molar-refractivity contribution < 1.29 is 19.0 Å². The number of hydrogen-bond acceptors (Lipinski definition) is 5. The molecule has 0 fully saturated rings. The van der Waals surface area contributed by atoms with Gasteiger partial charge in [-0.1, -0.05) is 11.6 Å². The lowest BCUT2D eigenvalue weighted by Gasteiger charge is -2.08. The van der Waals surface area contributed by atoms with Gasteiger partial charge in [0.2, 0.25) is 0 Å². The lowest BCUT2D eigenvalue weighted by Crippen LogP contribution is -2.24. The van der Waals surface area contributed by atoms with Gasteiger partial charge in [0.15, 0.2) is 6.61 Å². The number of hydrazone groups is 1. The third kappa shape index (κ3) is 6.10. The summed E-state index contributed by atoms with van der Waals surface area (Å²) in [6.07, 6.45) is 1.54. The second-order valence-corrected chi connectivity index (χ2v) is 5.48. The molecule has 0 aliphatic rings. The van der Waals surface area contributed by atoms with E-state index in [1.54, 1.807) is 44.7 Å². The van der Waals surface area contributed by atoms with Crippen LogP contribution in [-0.2, 0) is 16.1 Å². The molecule has 0 aromatic heterocycles. The molecule has 7 heteroatoms. The molecule has 0 aliphatic carbocycles. The molecule has 0 aliphatic heterocycles. The third-order valence-electron chi connectivity index (χ3n) is 3.19. The molecular formula is C18H19ClN2O4. The van der Waals surface area contributed by atoms with Gasteiger partial charge in [0, 0.05) is 17.7 Å². The first-order chi connectivity index (χ1) is 12.1. The second-order valence-electron chi connectivity index (χ2n) is 5.04. The van der Waals surface area contributed by atoms with Gasteiger partial charge < -0.3 is 14.2 Å². The largest absolute Gasteiger partial charge is 0.496 e. The van der Waals surface area contributed by atoms with E-state index in [0.29, 0.717) is 17.4 Å². The van der Waals surface area contributed by atoms with Crippen LogP contribution in [0, 0.1) is 0 Å². The zero-order chi connectivity index (χ0) is 18.1. The molecule has 0 heterocycles. The number of halogens is 1. The van der Waals surface area contributed by atoms with Gasteiger partial charge in [-0.2, -0.15) is 5.10 Å². The van der Waals surface area contributed by atoms with Crippen molar-refractivity contribution in [3.8, 4) is 11.5 Å². The summed E-state index contributed by atoms with van der Waals surface area (Å²) in [5.41, 5.74) is 4.12. The van der Waals surface area contributed by atoms with Crippen LogP contribution in [0.15, 0.2) is 47.6 Å². The van der Waals surface area contributed by atoms with E-state index in [4.69, 9.17) is 25.8 Å². The van der Waals surface area contributed by atoms with Crippen LogP contribution >= 0.6 is 11.6 Å². The molecular weight excluding hydrogens is 344 g/mol. The third-order valence-corrected chi connectivity index (χ3v) is 3.44. The van der Waals surface area contributed by atoms with Crippen LogP contribution in [0.1, 0.15) is 11.1 Å². The van der Waals surface area contributed by atoms with Gasteiger partial charge in [-0.3, -0.25) is 4.79 Å². The number of nitrogens with one attached hydrogen (secondary N) is 1. The van der Waals surface area contributed by atoms with Crippen molar-refractivity contribution in [2.45, 2.75) is 6.61 Å². The van der Waals surface area contributed by atoms with Crippen LogP contribution in [0.3, 0.4) is 0 Å². The molecule has 0 spiro atoms. The molecule has 2 aromatic rings. The number of nitrogens with zero attached hydrogens (tertiary/aromatic N) is 1. The van der Waals surface area contributed by atoms with E-state index in [-0.39, 0.29) is 12.5 Å². The van der Waals surface area contributed by atoms with E-state index in [0.717, 1.165) is 16.9 Å². The fraction of sp³-hybridized carbons (Fsp3) is 0.222. The average Bonchev–Trinajstić information content (AvgIpc) is 2.62. The van der Waals surface area contributed by atoms with E-state index in [2.05, 4.69) is 10.5 Å². The molecule has 6 nitrogen and oxygen atoms in total. The molecule has 0 bridgehead atoms. The normalized spacial score (nSPS) is 10.7. The number of benzene rings is 2. The predicted octanol–water partition coefficient (Wildman–Crippen LogP) is 3.02. The Labute approximate surface area is 151 Å². The molecule has 2 aromatic carbocycles. The molecule has 25 heavy (non-hydrogen) atoms. The number of ether oxygens (including phenoxy) is 3.